The van der Waals surface area contributed by atoms with Crippen LogP contribution in [0.2, 0.25) is 0 Å². The van der Waals surface area contributed by atoms with Crippen LogP contribution >= 0.6 is 11.8 Å². The predicted molar refractivity (Wildman–Crippen MR) is 74.3 cm³/mol. The summed E-state index contributed by atoms with van der Waals surface area (Å²) >= 11 is 1.87. The van der Waals surface area contributed by atoms with Gasteiger partial charge in [0, 0.05) is 18.3 Å². The van der Waals surface area contributed by atoms with Crippen molar-refractivity contribution in [1.29, 1.82) is 0 Å². The van der Waals surface area contributed by atoms with E-state index >= 15 is 0 Å². The number of aliphatic imine (C=N–C) groups is 1. The molecule has 1 atom stereocenters. The molecule has 1 aliphatic rings. The lowest BCUT2D eigenvalue weighted by Crippen LogP contribution is -2.32. The van der Waals surface area contributed by atoms with Gasteiger partial charge in [-0.2, -0.15) is 0 Å². The van der Waals surface area contributed by atoms with Gasteiger partial charge in [-0.1, -0.05) is 39.5 Å². The summed E-state index contributed by atoms with van der Waals surface area (Å²) in [7, 11) is 0. The number of amidine groups is 1. The Labute approximate surface area is 104 Å². The standard InChI is InChI=1S/C12H25N3S/c1-5-15(6-2)8-7-13-12-14-11(9-16-12)10(3)4/h10-11H,5-9H2,1-4H3,(H,13,14). The van der Waals surface area contributed by atoms with E-state index in [0.717, 1.165) is 31.3 Å². The second kappa shape index (κ2) is 7.17. The zero-order valence-corrected chi connectivity index (χ0v) is 11.8. The van der Waals surface area contributed by atoms with Gasteiger partial charge in [0.25, 0.3) is 0 Å². The smallest absolute Gasteiger partial charge is 0.156 e. The number of thioether (sulfide) groups is 1. The molecule has 0 aromatic heterocycles. The van der Waals surface area contributed by atoms with Crippen molar-refractivity contribution in [2.75, 3.05) is 31.9 Å². The van der Waals surface area contributed by atoms with Crippen LogP contribution in [0.25, 0.3) is 0 Å². The Hall–Kier alpha value is -0.220. The van der Waals surface area contributed by atoms with Gasteiger partial charge in [0.1, 0.15) is 0 Å². The van der Waals surface area contributed by atoms with Crippen LogP contribution in [0.4, 0.5) is 0 Å². The largest absolute Gasteiger partial charge is 0.361 e. The SMILES string of the molecule is CCN(CC)CCN=C1NC(C(C)C)CS1. The van der Waals surface area contributed by atoms with E-state index in [1.807, 2.05) is 11.8 Å². The van der Waals surface area contributed by atoms with E-state index in [-0.39, 0.29) is 0 Å². The maximum Gasteiger partial charge on any atom is 0.156 e. The molecule has 0 spiro atoms. The van der Waals surface area contributed by atoms with Crippen molar-refractivity contribution >= 4 is 16.9 Å². The van der Waals surface area contributed by atoms with Gasteiger partial charge >= 0.3 is 0 Å². The van der Waals surface area contributed by atoms with Crippen molar-refractivity contribution in [2.45, 2.75) is 33.7 Å². The summed E-state index contributed by atoms with van der Waals surface area (Å²) in [6.07, 6.45) is 0. The Balaban J connectivity index is 2.26. The summed E-state index contributed by atoms with van der Waals surface area (Å²) in [5, 5.41) is 4.64. The quantitative estimate of drug-likeness (QED) is 0.774. The van der Waals surface area contributed by atoms with Gasteiger partial charge < -0.3 is 10.2 Å². The van der Waals surface area contributed by atoms with Gasteiger partial charge in [-0.25, -0.2) is 0 Å². The molecule has 1 saturated heterocycles. The van der Waals surface area contributed by atoms with E-state index < -0.39 is 0 Å². The fraction of sp³-hybridized carbons (Fsp3) is 0.917. The summed E-state index contributed by atoms with van der Waals surface area (Å²) in [6.45, 7) is 13.2. The van der Waals surface area contributed by atoms with Crippen LogP contribution in [0.3, 0.4) is 0 Å². The summed E-state index contributed by atoms with van der Waals surface area (Å²) in [5.41, 5.74) is 0. The number of hydrogen-bond donors (Lipinski definition) is 1. The molecule has 1 unspecified atom stereocenters. The minimum atomic E-state index is 0.609. The first-order chi connectivity index (χ1) is 7.67. The van der Waals surface area contributed by atoms with E-state index in [0.29, 0.717) is 12.0 Å². The Morgan fingerprint density at radius 1 is 1.44 bits per heavy atom. The van der Waals surface area contributed by atoms with E-state index in [1.165, 1.54) is 5.75 Å². The molecule has 1 rings (SSSR count). The zero-order chi connectivity index (χ0) is 12.0. The highest BCUT2D eigenvalue weighted by atomic mass is 32.2. The molecule has 4 heteroatoms. The van der Waals surface area contributed by atoms with E-state index in [9.17, 15) is 0 Å². The topological polar surface area (TPSA) is 27.6 Å². The van der Waals surface area contributed by atoms with Crippen LogP contribution in [0.1, 0.15) is 27.7 Å². The molecule has 1 fully saturated rings. The molecular formula is C12H25N3S. The minimum Gasteiger partial charge on any atom is -0.361 e. The second-order valence-corrected chi connectivity index (χ2v) is 5.53. The highest BCUT2D eigenvalue weighted by Crippen LogP contribution is 2.18. The third-order valence-electron chi connectivity index (χ3n) is 3.08. The molecule has 0 bridgehead atoms. The molecule has 0 aliphatic carbocycles. The lowest BCUT2D eigenvalue weighted by Gasteiger charge is -2.16. The molecule has 0 aromatic carbocycles. The van der Waals surface area contributed by atoms with Gasteiger partial charge in [0.2, 0.25) is 0 Å². The van der Waals surface area contributed by atoms with Gasteiger partial charge in [0.05, 0.1) is 6.54 Å². The molecule has 1 aliphatic heterocycles. The first-order valence-corrected chi connectivity index (χ1v) is 7.32. The number of likely N-dealkylation sites (N-methyl/N-ethyl adjacent to an activating group) is 1. The Kier molecular flexibility index (Phi) is 6.21. The molecule has 16 heavy (non-hydrogen) atoms. The van der Waals surface area contributed by atoms with Crippen molar-refractivity contribution in [3.8, 4) is 0 Å². The number of nitrogens with zero attached hydrogens (tertiary/aromatic N) is 2. The number of nitrogens with one attached hydrogen (secondary N) is 1. The van der Waals surface area contributed by atoms with Crippen LogP contribution < -0.4 is 5.32 Å². The normalized spacial score (nSPS) is 23.4. The molecule has 0 radical (unpaired) electrons. The minimum absolute atomic E-state index is 0.609. The first kappa shape index (κ1) is 13.8. The van der Waals surface area contributed by atoms with Gasteiger partial charge in [0.15, 0.2) is 5.17 Å². The summed E-state index contributed by atoms with van der Waals surface area (Å²) < 4.78 is 0. The van der Waals surface area contributed by atoms with Crippen molar-refractivity contribution in [3.05, 3.63) is 0 Å². The van der Waals surface area contributed by atoms with Crippen LogP contribution in [0, 0.1) is 5.92 Å². The molecule has 0 saturated carbocycles. The second-order valence-electron chi connectivity index (χ2n) is 4.52. The van der Waals surface area contributed by atoms with Gasteiger partial charge in [-0.05, 0) is 19.0 Å². The molecular weight excluding hydrogens is 218 g/mol. The van der Waals surface area contributed by atoms with Crippen LogP contribution in [-0.2, 0) is 0 Å². The Morgan fingerprint density at radius 3 is 2.62 bits per heavy atom. The van der Waals surface area contributed by atoms with Crippen molar-refractivity contribution in [2.24, 2.45) is 10.9 Å². The molecule has 94 valence electrons. The van der Waals surface area contributed by atoms with Crippen molar-refractivity contribution < 1.29 is 0 Å². The molecule has 1 N–H and O–H groups in total. The maximum atomic E-state index is 4.62. The maximum absolute atomic E-state index is 4.62. The third-order valence-corrected chi connectivity index (χ3v) is 4.13. The molecule has 1 heterocycles. The first-order valence-electron chi connectivity index (χ1n) is 6.33. The van der Waals surface area contributed by atoms with E-state index in [4.69, 9.17) is 0 Å². The van der Waals surface area contributed by atoms with Gasteiger partial charge in [-0.3, -0.25) is 4.99 Å². The van der Waals surface area contributed by atoms with Crippen LogP contribution in [0.5, 0.6) is 0 Å². The number of hydrogen-bond acceptors (Lipinski definition) is 3. The molecule has 3 nitrogen and oxygen atoms in total. The van der Waals surface area contributed by atoms with E-state index in [2.05, 4.69) is 42.9 Å². The zero-order valence-electron chi connectivity index (χ0n) is 11.0. The van der Waals surface area contributed by atoms with Crippen LogP contribution in [-0.4, -0.2) is 48.0 Å². The fourth-order valence-electron chi connectivity index (χ4n) is 1.69. The third kappa shape index (κ3) is 4.34. The highest BCUT2D eigenvalue weighted by molar-refractivity contribution is 8.14. The average molecular weight is 243 g/mol. The van der Waals surface area contributed by atoms with Crippen molar-refractivity contribution in [1.82, 2.24) is 10.2 Å². The molecule has 0 aromatic rings. The highest BCUT2D eigenvalue weighted by Gasteiger charge is 2.22. The Bertz CT molecular complexity index is 224. The monoisotopic (exact) mass is 243 g/mol. The van der Waals surface area contributed by atoms with Crippen LogP contribution in [0.15, 0.2) is 4.99 Å². The predicted octanol–water partition coefficient (Wildman–Crippen LogP) is 2.05. The van der Waals surface area contributed by atoms with E-state index in [1.54, 1.807) is 0 Å². The summed E-state index contributed by atoms with van der Waals surface area (Å²) in [5.74, 6) is 1.87. The molecule has 0 amide bonds. The average Bonchev–Trinajstić information content (AvgIpc) is 2.73. The fourth-order valence-corrected chi connectivity index (χ4v) is 2.92. The summed E-state index contributed by atoms with van der Waals surface area (Å²) in [6, 6.07) is 0.609. The summed E-state index contributed by atoms with van der Waals surface area (Å²) in [4.78, 5) is 7.02. The Morgan fingerprint density at radius 2 is 2.12 bits per heavy atom. The lowest BCUT2D eigenvalue weighted by atomic mass is 10.1. The lowest BCUT2D eigenvalue weighted by molar-refractivity contribution is 0.313. The van der Waals surface area contributed by atoms with Gasteiger partial charge in [-0.15, -0.1) is 0 Å². The van der Waals surface area contributed by atoms with Crippen molar-refractivity contribution in [3.63, 3.8) is 0 Å². The number of rotatable bonds is 6.